The zero-order valence-electron chi connectivity index (χ0n) is 15.3. The number of aryl methyl sites for hydroxylation is 1. The Morgan fingerprint density at radius 2 is 1.67 bits per heavy atom. The Labute approximate surface area is 165 Å². The number of carbonyl (C=O) groups excluding carboxylic acids is 1. The molecule has 0 radical (unpaired) electrons. The summed E-state index contributed by atoms with van der Waals surface area (Å²) < 4.78 is 27.6. The summed E-state index contributed by atoms with van der Waals surface area (Å²) in [4.78, 5) is 15.3. The first-order valence-electron chi connectivity index (χ1n) is 9.01. The number of rotatable bonds is 7. The zero-order valence-corrected chi connectivity index (χ0v) is 17.0. The highest BCUT2D eigenvalue weighted by atomic mass is 32.2. The third kappa shape index (κ3) is 5.26. The van der Waals surface area contributed by atoms with E-state index in [9.17, 15) is 13.2 Å². The van der Waals surface area contributed by atoms with Crippen LogP contribution in [0, 0.1) is 0 Å². The first kappa shape index (κ1) is 19.8. The quantitative estimate of drug-likeness (QED) is 0.714. The molecular formula is C20H24N2O3S2. The van der Waals surface area contributed by atoms with Crippen molar-refractivity contribution >= 4 is 33.4 Å². The maximum Gasteiger partial charge on any atom is 0.261 e. The van der Waals surface area contributed by atoms with E-state index >= 15 is 0 Å². The molecule has 2 aromatic carbocycles. The average Bonchev–Trinajstić information content (AvgIpc) is 3.22. The van der Waals surface area contributed by atoms with E-state index in [-0.39, 0.29) is 10.8 Å². The van der Waals surface area contributed by atoms with Gasteiger partial charge in [-0.25, -0.2) is 8.42 Å². The van der Waals surface area contributed by atoms with Crippen LogP contribution in [-0.2, 0) is 21.2 Å². The van der Waals surface area contributed by atoms with Crippen LogP contribution in [0.5, 0.6) is 0 Å². The minimum atomic E-state index is -3.61. The van der Waals surface area contributed by atoms with E-state index in [4.69, 9.17) is 0 Å². The van der Waals surface area contributed by atoms with E-state index < -0.39 is 10.0 Å². The average molecular weight is 405 g/mol. The highest BCUT2D eigenvalue weighted by Gasteiger charge is 2.17. The summed E-state index contributed by atoms with van der Waals surface area (Å²) in [7, 11) is -3.61. The summed E-state index contributed by atoms with van der Waals surface area (Å²) in [5.41, 5.74) is 1.54. The van der Waals surface area contributed by atoms with E-state index in [1.807, 2.05) is 23.3 Å². The van der Waals surface area contributed by atoms with Crippen molar-refractivity contribution in [1.82, 2.24) is 4.90 Å². The number of sulfonamides is 1. The predicted octanol–water partition coefficient (Wildman–Crippen LogP) is 3.76. The lowest BCUT2D eigenvalue weighted by Gasteiger charge is -2.15. The molecule has 0 saturated carbocycles. The Bertz CT molecular complexity index is 872. The topological polar surface area (TPSA) is 66.5 Å². The molecule has 1 aliphatic heterocycles. The van der Waals surface area contributed by atoms with Gasteiger partial charge in [-0.3, -0.25) is 9.52 Å². The normalized spacial score (nSPS) is 14.3. The van der Waals surface area contributed by atoms with E-state index in [1.54, 1.807) is 48.2 Å². The molecule has 2 aromatic rings. The van der Waals surface area contributed by atoms with Crippen molar-refractivity contribution in [3.63, 3.8) is 0 Å². The lowest BCUT2D eigenvalue weighted by Crippen LogP contribution is -2.27. The van der Waals surface area contributed by atoms with E-state index in [1.165, 1.54) is 0 Å². The summed E-state index contributed by atoms with van der Waals surface area (Å²) in [6.45, 7) is 1.74. The molecule has 1 aliphatic rings. The van der Waals surface area contributed by atoms with Gasteiger partial charge in [-0.15, -0.1) is 11.8 Å². The van der Waals surface area contributed by atoms with Crippen LogP contribution in [-0.4, -0.2) is 38.6 Å². The van der Waals surface area contributed by atoms with Crippen LogP contribution < -0.4 is 4.72 Å². The second-order valence-corrected chi connectivity index (χ2v) is 9.13. The Balaban J connectivity index is 1.58. The van der Waals surface area contributed by atoms with Gasteiger partial charge in [0.05, 0.1) is 4.90 Å². The maximum atomic E-state index is 12.5. The number of benzene rings is 2. The molecule has 1 amide bonds. The van der Waals surface area contributed by atoms with Crippen molar-refractivity contribution in [3.8, 4) is 0 Å². The fourth-order valence-electron chi connectivity index (χ4n) is 3.08. The summed E-state index contributed by atoms with van der Waals surface area (Å²) in [6.07, 6.45) is 5.30. The molecule has 27 heavy (non-hydrogen) atoms. The second kappa shape index (κ2) is 8.80. The van der Waals surface area contributed by atoms with Crippen LogP contribution in [0.25, 0.3) is 0 Å². The number of nitrogens with one attached hydrogen (secondary N) is 1. The number of amides is 1. The van der Waals surface area contributed by atoms with Gasteiger partial charge in [-0.2, -0.15) is 0 Å². The van der Waals surface area contributed by atoms with Gasteiger partial charge in [-0.05, 0) is 67.5 Å². The van der Waals surface area contributed by atoms with Gasteiger partial charge in [0.25, 0.3) is 10.0 Å². The van der Waals surface area contributed by atoms with Crippen molar-refractivity contribution in [2.75, 3.05) is 24.1 Å². The van der Waals surface area contributed by atoms with E-state index in [2.05, 4.69) is 4.72 Å². The minimum Gasteiger partial charge on any atom is -0.343 e. The van der Waals surface area contributed by atoms with Crippen molar-refractivity contribution in [3.05, 3.63) is 54.1 Å². The summed E-state index contributed by atoms with van der Waals surface area (Å²) in [5.74, 6) is 0.200. The predicted molar refractivity (Wildman–Crippen MR) is 110 cm³/mol. The van der Waals surface area contributed by atoms with E-state index in [0.717, 1.165) is 36.4 Å². The largest absolute Gasteiger partial charge is 0.343 e. The highest BCUT2D eigenvalue weighted by molar-refractivity contribution is 7.98. The van der Waals surface area contributed by atoms with Gasteiger partial charge < -0.3 is 4.90 Å². The molecule has 0 atom stereocenters. The summed E-state index contributed by atoms with van der Waals surface area (Å²) in [6, 6.07) is 14.0. The Morgan fingerprint density at radius 3 is 2.26 bits per heavy atom. The van der Waals surface area contributed by atoms with Crippen molar-refractivity contribution in [1.29, 1.82) is 0 Å². The molecule has 0 unspecified atom stereocenters. The fourth-order valence-corrected chi connectivity index (χ4v) is 4.55. The van der Waals surface area contributed by atoms with Gasteiger partial charge in [0.1, 0.15) is 0 Å². The smallest absolute Gasteiger partial charge is 0.261 e. The molecular weight excluding hydrogens is 380 g/mol. The summed E-state index contributed by atoms with van der Waals surface area (Å²) in [5, 5.41) is 0. The van der Waals surface area contributed by atoms with Crippen LogP contribution in [0.2, 0.25) is 0 Å². The Morgan fingerprint density at radius 1 is 1.04 bits per heavy atom. The molecule has 0 aromatic heterocycles. The standard InChI is InChI=1S/C20H24N2O3S2/c1-26-18-9-11-19(12-10-18)27(24,25)21-17-7-4-16(5-8-17)6-13-20(23)22-14-2-3-15-22/h4-5,7-12,21H,2-3,6,13-15H2,1H3. The first-order valence-corrected chi connectivity index (χ1v) is 11.7. The Kier molecular flexibility index (Phi) is 6.44. The SMILES string of the molecule is CSc1ccc(S(=O)(=O)Nc2ccc(CCC(=O)N3CCCC3)cc2)cc1. The van der Waals surface area contributed by atoms with Gasteiger partial charge in [-0.1, -0.05) is 12.1 Å². The third-order valence-corrected chi connectivity index (χ3v) is 6.80. The number of hydrogen-bond acceptors (Lipinski definition) is 4. The third-order valence-electron chi connectivity index (χ3n) is 4.66. The molecule has 0 spiro atoms. The van der Waals surface area contributed by atoms with Crippen LogP contribution in [0.15, 0.2) is 58.3 Å². The van der Waals surface area contributed by atoms with Crippen molar-refractivity contribution in [2.45, 2.75) is 35.5 Å². The minimum absolute atomic E-state index is 0.200. The fraction of sp³-hybridized carbons (Fsp3) is 0.350. The highest BCUT2D eigenvalue weighted by Crippen LogP contribution is 2.21. The number of anilines is 1. The molecule has 7 heteroatoms. The monoisotopic (exact) mass is 404 g/mol. The first-order chi connectivity index (χ1) is 13.0. The number of carbonyl (C=O) groups is 1. The van der Waals surface area contributed by atoms with Gasteiger partial charge >= 0.3 is 0 Å². The molecule has 3 rings (SSSR count). The van der Waals surface area contributed by atoms with Gasteiger partial charge in [0.15, 0.2) is 0 Å². The molecule has 0 aliphatic carbocycles. The number of thioether (sulfide) groups is 1. The van der Waals surface area contributed by atoms with E-state index in [0.29, 0.717) is 18.5 Å². The number of likely N-dealkylation sites (tertiary alicyclic amines) is 1. The number of nitrogens with zero attached hydrogens (tertiary/aromatic N) is 1. The van der Waals surface area contributed by atoms with Crippen LogP contribution in [0.4, 0.5) is 5.69 Å². The van der Waals surface area contributed by atoms with Crippen molar-refractivity contribution < 1.29 is 13.2 Å². The lowest BCUT2D eigenvalue weighted by molar-refractivity contribution is -0.130. The second-order valence-electron chi connectivity index (χ2n) is 6.57. The van der Waals surface area contributed by atoms with Crippen LogP contribution in [0.3, 0.4) is 0 Å². The van der Waals surface area contributed by atoms with Gasteiger partial charge in [0, 0.05) is 30.1 Å². The molecule has 0 bridgehead atoms. The van der Waals surface area contributed by atoms with Crippen molar-refractivity contribution in [2.24, 2.45) is 0 Å². The molecule has 144 valence electrons. The van der Waals surface area contributed by atoms with Crippen LogP contribution >= 0.6 is 11.8 Å². The Hall–Kier alpha value is -1.99. The lowest BCUT2D eigenvalue weighted by atomic mass is 10.1. The zero-order chi connectivity index (χ0) is 19.3. The van der Waals surface area contributed by atoms with Gasteiger partial charge in [0.2, 0.25) is 5.91 Å². The molecule has 1 saturated heterocycles. The number of hydrogen-bond donors (Lipinski definition) is 1. The summed E-state index contributed by atoms with van der Waals surface area (Å²) >= 11 is 1.57. The molecule has 1 heterocycles. The molecule has 5 nitrogen and oxygen atoms in total. The van der Waals surface area contributed by atoms with Crippen LogP contribution in [0.1, 0.15) is 24.8 Å². The maximum absolute atomic E-state index is 12.5. The molecule has 1 fully saturated rings. The molecule has 1 N–H and O–H groups in total.